The molecule has 208 valence electrons. The molecular formula is C41H23N3S. The number of hydrogen-bond acceptors (Lipinski definition) is 4. The van der Waals surface area contributed by atoms with Gasteiger partial charge < -0.3 is 0 Å². The van der Waals surface area contributed by atoms with Crippen LogP contribution >= 0.6 is 11.3 Å². The van der Waals surface area contributed by atoms with Gasteiger partial charge in [-0.25, -0.2) is 15.0 Å². The number of nitrogens with zero attached hydrogens (tertiary/aromatic N) is 3. The Morgan fingerprint density at radius 3 is 1.87 bits per heavy atom. The van der Waals surface area contributed by atoms with E-state index in [0.717, 1.165) is 22.1 Å². The maximum atomic E-state index is 5.15. The zero-order chi connectivity index (χ0) is 29.5. The number of hydrogen-bond donors (Lipinski definition) is 0. The van der Waals surface area contributed by atoms with Crippen molar-refractivity contribution in [3.05, 3.63) is 140 Å². The van der Waals surface area contributed by atoms with Crippen LogP contribution in [0.4, 0.5) is 0 Å². The molecule has 0 amide bonds. The SMILES string of the molecule is c1ccc(-c2nc(-c3ccc4ccccc4c3)nc(-c3cccc4c3sc3cc5c6c(cccc6c34)-c3ccccc3-5)n2)cc1. The molecule has 1 aliphatic rings. The van der Waals surface area contributed by atoms with E-state index in [1.165, 1.54) is 58.6 Å². The molecule has 0 saturated heterocycles. The van der Waals surface area contributed by atoms with Crippen LogP contribution < -0.4 is 0 Å². The normalized spacial score (nSPS) is 12.0. The Kier molecular flexibility index (Phi) is 5.16. The van der Waals surface area contributed by atoms with Crippen molar-refractivity contribution in [1.82, 2.24) is 15.0 Å². The molecule has 10 rings (SSSR count). The molecule has 2 aromatic heterocycles. The standard InChI is InChI=1S/C41H23N3S/c1-2-11-25(12-3-1)39-42-40(27-21-20-24-10-4-5-13-26(24)22-27)44-41(43-39)33-19-9-18-32-37-31-17-8-16-30-28-14-6-7-15-29(28)34(36(30)31)23-35(37)45-38(32)33/h1-23H. The molecule has 1 aliphatic carbocycles. The molecule has 4 heteroatoms. The van der Waals surface area contributed by atoms with Crippen LogP contribution in [-0.4, -0.2) is 15.0 Å². The third kappa shape index (κ3) is 3.67. The molecule has 0 unspecified atom stereocenters. The molecule has 0 radical (unpaired) electrons. The van der Waals surface area contributed by atoms with Crippen molar-refractivity contribution < 1.29 is 0 Å². The molecule has 9 aromatic rings. The number of fused-ring (bicyclic) bond motifs is 8. The predicted molar refractivity (Wildman–Crippen MR) is 188 cm³/mol. The van der Waals surface area contributed by atoms with Gasteiger partial charge in [0.2, 0.25) is 0 Å². The van der Waals surface area contributed by atoms with E-state index in [1.807, 2.05) is 29.5 Å². The van der Waals surface area contributed by atoms with E-state index >= 15 is 0 Å². The Hall–Kier alpha value is -5.71. The first-order valence-electron chi connectivity index (χ1n) is 15.1. The lowest BCUT2D eigenvalue weighted by molar-refractivity contribution is 1.08. The fourth-order valence-electron chi connectivity index (χ4n) is 7.01. The smallest absolute Gasteiger partial charge is 0.165 e. The largest absolute Gasteiger partial charge is 0.208 e. The van der Waals surface area contributed by atoms with Crippen molar-refractivity contribution in [2.24, 2.45) is 0 Å². The Bertz CT molecular complexity index is 2650. The minimum Gasteiger partial charge on any atom is -0.208 e. The average molecular weight is 590 g/mol. The monoisotopic (exact) mass is 589 g/mol. The molecule has 0 spiro atoms. The molecule has 0 fully saturated rings. The van der Waals surface area contributed by atoms with Crippen molar-refractivity contribution in [2.75, 3.05) is 0 Å². The minimum atomic E-state index is 0.672. The highest BCUT2D eigenvalue weighted by Crippen LogP contribution is 2.52. The number of aromatic nitrogens is 3. The van der Waals surface area contributed by atoms with Crippen LogP contribution in [0.5, 0.6) is 0 Å². The molecule has 0 bridgehead atoms. The van der Waals surface area contributed by atoms with Crippen LogP contribution in [0.15, 0.2) is 140 Å². The number of benzene rings is 7. The van der Waals surface area contributed by atoms with Crippen LogP contribution in [0.3, 0.4) is 0 Å². The van der Waals surface area contributed by atoms with Crippen molar-refractivity contribution in [3.8, 4) is 56.4 Å². The summed E-state index contributed by atoms with van der Waals surface area (Å²) in [5.74, 6) is 2.03. The van der Waals surface area contributed by atoms with Gasteiger partial charge in [-0.05, 0) is 62.0 Å². The maximum absolute atomic E-state index is 5.15. The molecule has 0 saturated carbocycles. The number of rotatable bonds is 3. The third-order valence-corrected chi connectivity index (χ3v) is 10.2. The minimum absolute atomic E-state index is 0.672. The van der Waals surface area contributed by atoms with Crippen LogP contribution in [0.25, 0.3) is 98.1 Å². The topological polar surface area (TPSA) is 38.7 Å². The van der Waals surface area contributed by atoms with Gasteiger partial charge >= 0.3 is 0 Å². The Morgan fingerprint density at radius 2 is 1.02 bits per heavy atom. The summed E-state index contributed by atoms with van der Waals surface area (Å²) in [6.45, 7) is 0. The molecule has 3 nitrogen and oxygen atoms in total. The highest BCUT2D eigenvalue weighted by molar-refractivity contribution is 7.26. The van der Waals surface area contributed by atoms with Gasteiger partial charge in [0.25, 0.3) is 0 Å². The van der Waals surface area contributed by atoms with Crippen molar-refractivity contribution in [1.29, 1.82) is 0 Å². The summed E-state index contributed by atoms with van der Waals surface area (Å²) in [4.78, 5) is 15.2. The van der Waals surface area contributed by atoms with Gasteiger partial charge in [0.05, 0.1) is 0 Å². The van der Waals surface area contributed by atoms with E-state index in [0.29, 0.717) is 17.5 Å². The summed E-state index contributed by atoms with van der Waals surface area (Å²) < 4.78 is 2.47. The summed E-state index contributed by atoms with van der Waals surface area (Å²) in [6, 6.07) is 49.5. The molecule has 0 aliphatic heterocycles. The zero-order valence-corrected chi connectivity index (χ0v) is 24.8. The molecule has 0 N–H and O–H groups in total. The molecule has 2 heterocycles. The van der Waals surface area contributed by atoms with Gasteiger partial charge in [-0.1, -0.05) is 121 Å². The van der Waals surface area contributed by atoms with Gasteiger partial charge in [0.1, 0.15) is 0 Å². The summed E-state index contributed by atoms with van der Waals surface area (Å²) >= 11 is 1.83. The molecular weight excluding hydrogens is 567 g/mol. The van der Waals surface area contributed by atoms with Crippen LogP contribution in [0.2, 0.25) is 0 Å². The molecule has 45 heavy (non-hydrogen) atoms. The second-order valence-electron chi connectivity index (χ2n) is 11.6. The van der Waals surface area contributed by atoms with Crippen molar-refractivity contribution in [3.63, 3.8) is 0 Å². The van der Waals surface area contributed by atoms with Crippen LogP contribution in [0.1, 0.15) is 0 Å². The molecule has 0 atom stereocenters. The lowest BCUT2D eigenvalue weighted by Crippen LogP contribution is -2.00. The van der Waals surface area contributed by atoms with E-state index in [4.69, 9.17) is 15.0 Å². The highest BCUT2D eigenvalue weighted by atomic mass is 32.1. The van der Waals surface area contributed by atoms with Crippen LogP contribution in [0, 0.1) is 0 Å². The second-order valence-corrected chi connectivity index (χ2v) is 12.6. The Labute approximate surface area is 263 Å². The Balaban J connectivity index is 1.24. The first kappa shape index (κ1) is 24.7. The first-order chi connectivity index (χ1) is 22.3. The van der Waals surface area contributed by atoms with Crippen molar-refractivity contribution >= 4 is 53.1 Å². The van der Waals surface area contributed by atoms with E-state index in [9.17, 15) is 0 Å². The van der Waals surface area contributed by atoms with Crippen molar-refractivity contribution in [2.45, 2.75) is 0 Å². The number of thiophene rings is 1. The van der Waals surface area contributed by atoms with Gasteiger partial charge in [-0.2, -0.15) is 0 Å². The van der Waals surface area contributed by atoms with Crippen LogP contribution in [-0.2, 0) is 0 Å². The maximum Gasteiger partial charge on any atom is 0.165 e. The van der Waals surface area contributed by atoms with E-state index in [1.54, 1.807) is 0 Å². The van der Waals surface area contributed by atoms with E-state index < -0.39 is 0 Å². The zero-order valence-electron chi connectivity index (χ0n) is 24.0. The van der Waals surface area contributed by atoms with Gasteiger partial charge in [-0.3, -0.25) is 0 Å². The molecule has 7 aromatic carbocycles. The lowest BCUT2D eigenvalue weighted by atomic mass is 9.98. The summed E-state index contributed by atoms with van der Waals surface area (Å²) in [5, 5.41) is 7.55. The predicted octanol–water partition coefficient (Wildman–Crippen LogP) is 11.2. The Morgan fingerprint density at radius 1 is 0.378 bits per heavy atom. The summed E-state index contributed by atoms with van der Waals surface area (Å²) in [6.07, 6.45) is 0. The fourth-order valence-corrected chi connectivity index (χ4v) is 8.28. The van der Waals surface area contributed by atoms with E-state index in [-0.39, 0.29) is 0 Å². The van der Waals surface area contributed by atoms with Gasteiger partial charge in [0, 0.05) is 36.9 Å². The average Bonchev–Trinajstić information content (AvgIpc) is 3.65. The summed E-state index contributed by atoms with van der Waals surface area (Å²) in [5.41, 5.74) is 8.24. The van der Waals surface area contributed by atoms with Gasteiger partial charge in [-0.15, -0.1) is 11.3 Å². The fraction of sp³-hybridized carbons (Fsp3) is 0. The lowest BCUT2D eigenvalue weighted by Gasteiger charge is -2.10. The highest BCUT2D eigenvalue weighted by Gasteiger charge is 2.24. The van der Waals surface area contributed by atoms with Gasteiger partial charge in [0.15, 0.2) is 17.5 Å². The van der Waals surface area contributed by atoms with E-state index in [2.05, 4.69) is 121 Å². The quantitative estimate of drug-likeness (QED) is 0.206. The third-order valence-electron chi connectivity index (χ3n) is 9.04. The second kappa shape index (κ2) is 9.39. The first-order valence-corrected chi connectivity index (χ1v) is 15.9. The summed E-state index contributed by atoms with van der Waals surface area (Å²) in [7, 11) is 0.